The minimum Gasteiger partial charge on any atom is -0.508 e. The molecular formula is C20H20N4O4. The van der Waals surface area contributed by atoms with Crippen molar-refractivity contribution in [2.24, 2.45) is 0 Å². The Morgan fingerprint density at radius 3 is 2.79 bits per heavy atom. The molecule has 2 aromatic carbocycles. The van der Waals surface area contributed by atoms with Crippen LogP contribution in [0.4, 0.5) is 5.82 Å². The summed E-state index contributed by atoms with van der Waals surface area (Å²) in [6.45, 7) is 2.38. The van der Waals surface area contributed by atoms with Crippen molar-refractivity contribution in [1.82, 2.24) is 14.7 Å². The SMILES string of the molecule is O=C(Nc1ccn(CC(=O)N2CCOCC2)n1)c1cccc2cc(O)ccc12. The van der Waals surface area contributed by atoms with Crippen LogP contribution in [0.25, 0.3) is 10.8 Å². The molecule has 0 radical (unpaired) electrons. The van der Waals surface area contributed by atoms with Crippen LogP contribution in [0.1, 0.15) is 10.4 Å². The molecule has 8 heteroatoms. The molecule has 0 bridgehead atoms. The van der Waals surface area contributed by atoms with Crippen LogP contribution >= 0.6 is 0 Å². The number of carbonyl (C=O) groups excluding carboxylic acids is 2. The van der Waals surface area contributed by atoms with Crippen molar-refractivity contribution in [3.8, 4) is 5.75 Å². The maximum atomic E-state index is 12.7. The lowest BCUT2D eigenvalue weighted by Gasteiger charge is -2.26. The molecule has 4 rings (SSSR count). The quantitative estimate of drug-likeness (QED) is 0.720. The standard InChI is InChI=1S/C20H20N4O4/c25-15-4-5-16-14(12-15)2-1-3-17(16)20(27)21-18-6-7-24(22-18)13-19(26)23-8-10-28-11-9-23/h1-7,12,25H,8-11,13H2,(H,21,22,27). The maximum Gasteiger partial charge on any atom is 0.257 e. The van der Waals surface area contributed by atoms with Gasteiger partial charge < -0.3 is 20.1 Å². The number of anilines is 1. The topological polar surface area (TPSA) is 96.7 Å². The Bertz CT molecular complexity index is 1020. The fraction of sp³-hybridized carbons (Fsp3) is 0.250. The second kappa shape index (κ2) is 7.69. The number of phenols is 1. The molecule has 1 aliphatic rings. The normalized spacial score (nSPS) is 14.2. The molecule has 0 spiro atoms. The van der Waals surface area contributed by atoms with E-state index in [4.69, 9.17) is 4.74 Å². The molecule has 0 atom stereocenters. The minimum atomic E-state index is -0.305. The van der Waals surface area contributed by atoms with E-state index in [0.29, 0.717) is 37.7 Å². The van der Waals surface area contributed by atoms with Gasteiger partial charge in [-0.05, 0) is 35.0 Å². The number of ether oxygens (including phenoxy) is 1. The van der Waals surface area contributed by atoms with E-state index in [-0.39, 0.29) is 24.1 Å². The number of fused-ring (bicyclic) bond motifs is 1. The average Bonchev–Trinajstić information content (AvgIpc) is 3.14. The van der Waals surface area contributed by atoms with Gasteiger partial charge in [-0.3, -0.25) is 14.3 Å². The van der Waals surface area contributed by atoms with E-state index >= 15 is 0 Å². The van der Waals surface area contributed by atoms with Gasteiger partial charge in [0.05, 0.1) is 13.2 Å². The molecule has 1 fully saturated rings. The third kappa shape index (κ3) is 3.81. The molecule has 0 aliphatic carbocycles. The van der Waals surface area contributed by atoms with E-state index in [9.17, 15) is 14.7 Å². The van der Waals surface area contributed by atoms with Crippen LogP contribution in [0.15, 0.2) is 48.7 Å². The van der Waals surface area contributed by atoms with Crippen molar-refractivity contribution in [3.05, 3.63) is 54.2 Å². The molecule has 2 N–H and O–H groups in total. The number of benzene rings is 2. The van der Waals surface area contributed by atoms with Crippen molar-refractivity contribution in [2.45, 2.75) is 6.54 Å². The van der Waals surface area contributed by atoms with Gasteiger partial charge in [-0.15, -0.1) is 0 Å². The molecule has 8 nitrogen and oxygen atoms in total. The van der Waals surface area contributed by atoms with Crippen LogP contribution in [-0.4, -0.2) is 57.9 Å². The first kappa shape index (κ1) is 18.0. The van der Waals surface area contributed by atoms with Gasteiger partial charge in [0.15, 0.2) is 5.82 Å². The molecular weight excluding hydrogens is 360 g/mol. The number of aromatic nitrogens is 2. The van der Waals surface area contributed by atoms with Crippen molar-refractivity contribution in [2.75, 3.05) is 31.6 Å². The maximum absolute atomic E-state index is 12.7. The number of amides is 2. The van der Waals surface area contributed by atoms with E-state index in [1.165, 1.54) is 4.68 Å². The van der Waals surface area contributed by atoms with Gasteiger partial charge >= 0.3 is 0 Å². The van der Waals surface area contributed by atoms with Crippen molar-refractivity contribution in [1.29, 1.82) is 0 Å². The Hall–Kier alpha value is -3.39. The molecule has 144 valence electrons. The third-order valence-electron chi connectivity index (χ3n) is 4.65. The highest BCUT2D eigenvalue weighted by atomic mass is 16.5. The Morgan fingerprint density at radius 2 is 1.96 bits per heavy atom. The number of nitrogens with one attached hydrogen (secondary N) is 1. The second-order valence-corrected chi connectivity index (χ2v) is 6.56. The fourth-order valence-electron chi connectivity index (χ4n) is 3.22. The van der Waals surface area contributed by atoms with Crippen LogP contribution in [0.3, 0.4) is 0 Å². The monoisotopic (exact) mass is 380 g/mol. The van der Waals surface area contributed by atoms with E-state index in [2.05, 4.69) is 10.4 Å². The van der Waals surface area contributed by atoms with Gasteiger partial charge in [-0.1, -0.05) is 12.1 Å². The van der Waals surface area contributed by atoms with Crippen molar-refractivity contribution < 1.29 is 19.4 Å². The molecule has 3 aromatic rings. The summed E-state index contributed by atoms with van der Waals surface area (Å²) in [7, 11) is 0. The number of phenolic OH excluding ortho intramolecular Hbond substituents is 1. The van der Waals surface area contributed by atoms with Gasteiger partial charge in [0.2, 0.25) is 5.91 Å². The van der Waals surface area contributed by atoms with Crippen LogP contribution in [0.5, 0.6) is 5.75 Å². The number of rotatable bonds is 4. The van der Waals surface area contributed by atoms with Crippen LogP contribution in [-0.2, 0) is 16.1 Å². The minimum absolute atomic E-state index is 0.0295. The van der Waals surface area contributed by atoms with Crippen LogP contribution < -0.4 is 5.32 Å². The number of morpholine rings is 1. The second-order valence-electron chi connectivity index (χ2n) is 6.56. The van der Waals surface area contributed by atoms with Crippen molar-refractivity contribution in [3.63, 3.8) is 0 Å². The average molecular weight is 380 g/mol. The number of carbonyl (C=O) groups is 2. The lowest BCUT2D eigenvalue weighted by Crippen LogP contribution is -2.42. The summed E-state index contributed by atoms with van der Waals surface area (Å²) in [6.07, 6.45) is 1.66. The number of aromatic hydroxyl groups is 1. The Kier molecular flexibility index (Phi) is 4.94. The molecule has 1 aliphatic heterocycles. The first-order chi connectivity index (χ1) is 13.6. The highest BCUT2D eigenvalue weighted by Crippen LogP contribution is 2.23. The zero-order valence-electron chi connectivity index (χ0n) is 15.2. The largest absolute Gasteiger partial charge is 0.508 e. The molecule has 0 saturated carbocycles. The predicted molar refractivity (Wildman–Crippen MR) is 103 cm³/mol. The summed E-state index contributed by atoms with van der Waals surface area (Å²) in [5.41, 5.74) is 0.483. The molecule has 0 unspecified atom stereocenters. The molecule has 2 amide bonds. The Labute approximate surface area is 161 Å². The van der Waals surface area contributed by atoms with Crippen LogP contribution in [0.2, 0.25) is 0 Å². The lowest BCUT2D eigenvalue weighted by atomic mass is 10.0. The summed E-state index contributed by atoms with van der Waals surface area (Å²) in [6, 6.07) is 11.8. The summed E-state index contributed by atoms with van der Waals surface area (Å²) in [4.78, 5) is 26.7. The number of hydrogen-bond acceptors (Lipinski definition) is 5. The Morgan fingerprint density at radius 1 is 1.14 bits per heavy atom. The summed E-state index contributed by atoms with van der Waals surface area (Å²) >= 11 is 0. The molecule has 28 heavy (non-hydrogen) atoms. The van der Waals surface area contributed by atoms with Crippen LogP contribution in [0, 0.1) is 0 Å². The molecule has 2 heterocycles. The first-order valence-corrected chi connectivity index (χ1v) is 9.02. The van der Waals surface area contributed by atoms with E-state index in [0.717, 1.165) is 10.8 Å². The molecule has 1 saturated heterocycles. The number of nitrogens with zero attached hydrogens (tertiary/aromatic N) is 3. The number of hydrogen-bond donors (Lipinski definition) is 2. The smallest absolute Gasteiger partial charge is 0.257 e. The zero-order chi connectivity index (χ0) is 19.5. The van der Waals surface area contributed by atoms with E-state index < -0.39 is 0 Å². The van der Waals surface area contributed by atoms with Gasteiger partial charge in [0.1, 0.15) is 12.3 Å². The van der Waals surface area contributed by atoms with Gasteiger partial charge in [-0.25, -0.2) is 0 Å². The van der Waals surface area contributed by atoms with Crippen molar-refractivity contribution >= 4 is 28.4 Å². The lowest BCUT2D eigenvalue weighted by molar-refractivity contribution is -0.136. The fourth-order valence-corrected chi connectivity index (χ4v) is 3.22. The van der Waals surface area contributed by atoms with Gasteiger partial charge in [0, 0.05) is 30.9 Å². The summed E-state index contributed by atoms with van der Waals surface area (Å²) < 4.78 is 6.76. The third-order valence-corrected chi connectivity index (χ3v) is 4.65. The van der Waals surface area contributed by atoms with E-state index in [1.54, 1.807) is 47.5 Å². The summed E-state index contributed by atoms with van der Waals surface area (Å²) in [5, 5.41) is 18.2. The predicted octanol–water partition coefficient (Wildman–Crippen LogP) is 1.85. The van der Waals surface area contributed by atoms with Gasteiger partial charge in [-0.2, -0.15) is 5.10 Å². The highest BCUT2D eigenvalue weighted by Gasteiger charge is 2.18. The Balaban J connectivity index is 1.45. The van der Waals surface area contributed by atoms with E-state index in [1.807, 2.05) is 6.07 Å². The highest BCUT2D eigenvalue weighted by molar-refractivity contribution is 6.12. The molecule has 1 aromatic heterocycles. The summed E-state index contributed by atoms with van der Waals surface area (Å²) in [5.74, 6) is 0.184. The van der Waals surface area contributed by atoms with Gasteiger partial charge in [0.25, 0.3) is 5.91 Å². The first-order valence-electron chi connectivity index (χ1n) is 9.02. The zero-order valence-corrected chi connectivity index (χ0v) is 15.2.